The van der Waals surface area contributed by atoms with E-state index in [1.54, 1.807) is 42.7 Å². The predicted octanol–water partition coefficient (Wildman–Crippen LogP) is 4.04. The fourth-order valence-corrected chi connectivity index (χ4v) is 2.85. The number of anilines is 1. The topological polar surface area (TPSA) is 108 Å². The summed E-state index contributed by atoms with van der Waals surface area (Å²) in [7, 11) is 0. The van der Waals surface area contributed by atoms with Gasteiger partial charge >= 0.3 is 0 Å². The molecule has 0 saturated carbocycles. The molecule has 0 radical (unpaired) electrons. The molecule has 4 aromatic rings. The number of amides is 1. The lowest BCUT2D eigenvalue weighted by atomic mass is 10.2. The van der Waals surface area contributed by atoms with Gasteiger partial charge in [0.05, 0.1) is 11.0 Å². The molecule has 2 aromatic carbocycles. The van der Waals surface area contributed by atoms with Crippen LogP contribution < -0.4 is 10.1 Å². The van der Waals surface area contributed by atoms with Crippen LogP contribution in [0.5, 0.6) is 5.88 Å². The number of nitrogens with zero attached hydrogens (tertiary/aromatic N) is 3. The van der Waals surface area contributed by atoms with E-state index in [2.05, 4.69) is 20.3 Å². The van der Waals surface area contributed by atoms with Crippen LogP contribution in [0.4, 0.5) is 5.69 Å². The van der Waals surface area contributed by atoms with E-state index in [0.717, 1.165) is 11.1 Å². The number of ether oxygens (including phenoxy) is 1. The Morgan fingerprint density at radius 1 is 0.935 bits per heavy atom. The average Bonchev–Trinajstić information content (AvgIpc) is 2.78. The molecule has 0 atom stereocenters. The number of nitrogens with one attached hydrogen (secondary N) is 1. The highest BCUT2D eigenvalue weighted by Crippen LogP contribution is 2.21. The highest BCUT2D eigenvalue weighted by Gasteiger charge is 2.11. The molecule has 0 fully saturated rings. The summed E-state index contributed by atoms with van der Waals surface area (Å²) in [5.74, 6) is -0.0263. The van der Waals surface area contributed by atoms with Gasteiger partial charge in [-0.05, 0) is 60.2 Å². The van der Waals surface area contributed by atoms with Gasteiger partial charge in [-0.15, -0.1) is 0 Å². The van der Waals surface area contributed by atoms with Crippen LogP contribution in [0.1, 0.15) is 11.3 Å². The number of hydrogen-bond donors (Lipinski definition) is 1. The third kappa shape index (κ3) is 5.85. The Morgan fingerprint density at radius 2 is 1.61 bits per heavy atom. The highest BCUT2D eigenvalue weighted by molar-refractivity contribution is 6.30. The number of fused-ring (bicyclic) bond motifs is 1. The van der Waals surface area contributed by atoms with Gasteiger partial charge in [-0.1, -0.05) is 29.8 Å². The van der Waals surface area contributed by atoms with Crippen LogP contribution in [0.25, 0.3) is 23.2 Å². The van der Waals surface area contributed by atoms with Gasteiger partial charge in [-0.3, -0.25) is 9.78 Å². The van der Waals surface area contributed by atoms with Gasteiger partial charge in [0.15, 0.2) is 6.61 Å². The molecule has 7 nitrogen and oxygen atoms in total. The minimum absolute atomic E-state index is 0. The summed E-state index contributed by atoms with van der Waals surface area (Å²) in [6, 6.07) is 18.1. The molecule has 31 heavy (non-hydrogen) atoms. The second-order valence-electron chi connectivity index (χ2n) is 6.36. The van der Waals surface area contributed by atoms with Crippen LogP contribution in [-0.2, 0) is 4.79 Å². The predicted molar refractivity (Wildman–Crippen MR) is 122 cm³/mol. The molecule has 0 spiro atoms. The van der Waals surface area contributed by atoms with Crippen molar-refractivity contribution in [3.8, 4) is 5.88 Å². The number of rotatable bonds is 6. The number of para-hydroxylation sites is 2. The molecule has 0 aliphatic heterocycles. The van der Waals surface area contributed by atoms with E-state index < -0.39 is 0 Å². The Morgan fingerprint density at radius 3 is 2.32 bits per heavy atom. The summed E-state index contributed by atoms with van der Waals surface area (Å²) < 4.78 is 5.72. The van der Waals surface area contributed by atoms with Crippen molar-refractivity contribution < 1.29 is 15.0 Å². The van der Waals surface area contributed by atoms with Crippen molar-refractivity contribution in [3.05, 3.63) is 89.3 Å². The molecule has 2 heterocycles. The van der Waals surface area contributed by atoms with Crippen molar-refractivity contribution in [3.63, 3.8) is 0 Å². The first kappa shape index (κ1) is 21.9. The second kappa shape index (κ2) is 10.3. The third-order valence-corrected chi connectivity index (χ3v) is 4.42. The van der Waals surface area contributed by atoms with Crippen molar-refractivity contribution in [1.82, 2.24) is 15.0 Å². The highest BCUT2D eigenvalue weighted by atomic mass is 35.5. The van der Waals surface area contributed by atoms with Crippen molar-refractivity contribution in [2.45, 2.75) is 0 Å². The van der Waals surface area contributed by atoms with Crippen LogP contribution in [0.15, 0.2) is 73.1 Å². The number of hydrogen-bond acceptors (Lipinski definition) is 5. The Kier molecular flexibility index (Phi) is 7.26. The molecule has 2 aromatic heterocycles. The van der Waals surface area contributed by atoms with Gasteiger partial charge in [-0.25, -0.2) is 9.97 Å². The number of aromatic nitrogens is 3. The van der Waals surface area contributed by atoms with Crippen molar-refractivity contribution in [1.29, 1.82) is 0 Å². The minimum Gasteiger partial charge on any atom is -0.466 e. The van der Waals surface area contributed by atoms with E-state index in [1.807, 2.05) is 42.5 Å². The first-order valence-electron chi connectivity index (χ1n) is 9.20. The lowest BCUT2D eigenvalue weighted by Crippen LogP contribution is -2.20. The summed E-state index contributed by atoms with van der Waals surface area (Å²) >= 11 is 5.87. The van der Waals surface area contributed by atoms with E-state index in [1.165, 1.54) is 0 Å². The van der Waals surface area contributed by atoms with E-state index in [0.29, 0.717) is 21.9 Å². The molecule has 3 N–H and O–H groups in total. The normalized spacial score (nSPS) is 10.6. The van der Waals surface area contributed by atoms with E-state index in [-0.39, 0.29) is 23.9 Å². The molecule has 0 aliphatic rings. The van der Waals surface area contributed by atoms with Gasteiger partial charge in [0.1, 0.15) is 5.69 Å². The fourth-order valence-electron chi connectivity index (χ4n) is 2.73. The standard InChI is InChI=1S/C23H17ClN4O2.H2O/c24-17-6-8-18(9-7-17)26-22(29)15-30-23-21(10-5-16-11-13-25-14-12-16)27-19-3-1-2-4-20(19)28-23;/h1-14H,15H2,(H,26,29);1H2/b10-5-;. The number of carbonyl (C=O) groups is 1. The zero-order chi connectivity index (χ0) is 20.8. The molecule has 0 unspecified atom stereocenters. The first-order chi connectivity index (χ1) is 14.7. The van der Waals surface area contributed by atoms with Crippen LogP contribution in [0.2, 0.25) is 5.02 Å². The zero-order valence-corrected chi connectivity index (χ0v) is 17.1. The summed E-state index contributed by atoms with van der Waals surface area (Å²) in [4.78, 5) is 25.4. The largest absolute Gasteiger partial charge is 0.466 e. The van der Waals surface area contributed by atoms with E-state index in [4.69, 9.17) is 16.3 Å². The van der Waals surface area contributed by atoms with Gasteiger partial charge < -0.3 is 15.5 Å². The maximum atomic E-state index is 12.3. The van der Waals surface area contributed by atoms with Crippen molar-refractivity contribution in [2.75, 3.05) is 11.9 Å². The maximum Gasteiger partial charge on any atom is 0.262 e. The van der Waals surface area contributed by atoms with Crippen molar-refractivity contribution >= 4 is 46.4 Å². The minimum atomic E-state index is -0.309. The fraction of sp³-hybridized carbons (Fsp3) is 0.0435. The number of halogens is 1. The second-order valence-corrected chi connectivity index (χ2v) is 6.80. The Balaban J connectivity index is 0.00000272. The molecule has 8 heteroatoms. The molecule has 1 amide bonds. The lowest BCUT2D eigenvalue weighted by molar-refractivity contribution is -0.118. The van der Waals surface area contributed by atoms with Crippen LogP contribution in [0.3, 0.4) is 0 Å². The van der Waals surface area contributed by atoms with E-state index in [9.17, 15) is 4.79 Å². The van der Waals surface area contributed by atoms with Crippen LogP contribution in [0, 0.1) is 0 Å². The van der Waals surface area contributed by atoms with E-state index >= 15 is 0 Å². The summed E-state index contributed by atoms with van der Waals surface area (Å²) in [5.41, 5.74) is 3.56. The van der Waals surface area contributed by atoms with Crippen LogP contribution in [-0.4, -0.2) is 32.9 Å². The SMILES string of the molecule is O.O=C(COc1nc2ccccc2nc1/C=C\c1ccncc1)Nc1ccc(Cl)cc1. The average molecular weight is 435 g/mol. The number of pyridine rings is 1. The maximum absolute atomic E-state index is 12.3. The van der Waals surface area contributed by atoms with Gasteiger partial charge in [0.2, 0.25) is 5.88 Å². The summed E-state index contributed by atoms with van der Waals surface area (Å²) in [6.07, 6.45) is 7.12. The molecule has 0 saturated heterocycles. The van der Waals surface area contributed by atoms with Gasteiger partial charge in [0, 0.05) is 23.1 Å². The van der Waals surface area contributed by atoms with Crippen molar-refractivity contribution in [2.24, 2.45) is 0 Å². The molecule has 156 valence electrons. The molecular formula is C23H19ClN4O3. The monoisotopic (exact) mass is 434 g/mol. The smallest absolute Gasteiger partial charge is 0.262 e. The Bertz CT molecular complexity index is 1200. The third-order valence-electron chi connectivity index (χ3n) is 4.17. The quantitative estimate of drug-likeness (QED) is 0.492. The first-order valence-corrected chi connectivity index (χ1v) is 9.58. The molecule has 0 bridgehead atoms. The molecule has 4 rings (SSSR count). The lowest BCUT2D eigenvalue weighted by Gasteiger charge is -2.10. The van der Waals surface area contributed by atoms with Gasteiger partial charge in [0.25, 0.3) is 5.91 Å². The molecule has 0 aliphatic carbocycles. The van der Waals surface area contributed by atoms with Gasteiger partial charge in [-0.2, -0.15) is 0 Å². The number of benzene rings is 2. The molecular weight excluding hydrogens is 416 g/mol. The summed E-state index contributed by atoms with van der Waals surface area (Å²) in [6.45, 7) is -0.203. The number of carbonyl (C=O) groups excluding carboxylic acids is 1. The zero-order valence-electron chi connectivity index (χ0n) is 16.3. The summed E-state index contributed by atoms with van der Waals surface area (Å²) in [5, 5.41) is 3.36. The Hall–Kier alpha value is -3.81. The van der Waals surface area contributed by atoms with Crippen LogP contribution >= 0.6 is 11.6 Å². The Labute approximate surface area is 183 Å².